The van der Waals surface area contributed by atoms with Gasteiger partial charge in [-0.2, -0.15) is 0 Å². The highest BCUT2D eigenvalue weighted by Gasteiger charge is 2.15. The summed E-state index contributed by atoms with van der Waals surface area (Å²) in [6.07, 6.45) is 0.741. The molecular formula is C20H23NO4. The summed E-state index contributed by atoms with van der Waals surface area (Å²) in [6.45, 7) is 3.58. The van der Waals surface area contributed by atoms with Gasteiger partial charge in [0.15, 0.2) is 6.61 Å². The van der Waals surface area contributed by atoms with Gasteiger partial charge in [-0.1, -0.05) is 48.9 Å². The summed E-state index contributed by atoms with van der Waals surface area (Å²) < 4.78 is 5.05. The van der Waals surface area contributed by atoms with Crippen LogP contribution in [0.1, 0.15) is 46.4 Å². The molecule has 0 spiro atoms. The summed E-state index contributed by atoms with van der Waals surface area (Å²) in [4.78, 5) is 24.0. The molecule has 0 unspecified atom stereocenters. The van der Waals surface area contributed by atoms with Gasteiger partial charge in [-0.3, -0.25) is 4.79 Å². The van der Waals surface area contributed by atoms with Crippen molar-refractivity contribution in [1.29, 1.82) is 0 Å². The van der Waals surface area contributed by atoms with E-state index in [0.29, 0.717) is 11.1 Å². The molecule has 1 amide bonds. The van der Waals surface area contributed by atoms with Crippen LogP contribution in [0.15, 0.2) is 48.5 Å². The van der Waals surface area contributed by atoms with E-state index in [4.69, 9.17) is 9.84 Å². The molecule has 1 atom stereocenters. The van der Waals surface area contributed by atoms with E-state index in [1.54, 1.807) is 24.3 Å². The quantitative estimate of drug-likeness (QED) is 0.759. The first-order valence-corrected chi connectivity index (χ1v) is 8.26. The Labute approximate surface area is 147 Å². The molecule has 0 aliphatic heterocycles. The number of aryl methyl sites for hydroxylation is 1. The van der Waals surface area contributed by atoms with Crippen molar-refractivity contribution in [3.63, 3.8) is 0 Å². The molecule has 0 fully saturated rings. The molecule has 0 radical (unpaired) electrons. The Hall–Kier alpha value is -2.66. The number of carbonyl (C=O) groups excluding carboxylic acids is 2. The van der Waals surface area contributed by atoms with Crippen LogP contribution in [0.2, 0.25) is 0 Å². The lowest BCUT2D eigenvalue weighted by atomic mass is 10.0. The molecule has 2 N–H and O–H groups in total. The van der Waals surface area contributed by atoms with Crippen LogP contribution in [0.25, 0.3) is 0 Å². The number of hydrogen-bond acceptors (Lipinski definition) is 4. The second kappa shape index (κ2) is 8.99. The van der Waals surface area contributed by atoms with E-state index in [9.17, 15) is 9.59 Å². The van der Waals surface area contributed by atoms with Gasteiger partial charge >= 0.3 is 5.97 Å². The van der Waals surface area contributed by atoms with Crippen molar-refractivity contribution >= 4 is 11.9 Å². The molecule has 2 aromatic carbocycles. The lowest BCUT2D eigenvalue weighted by Gasteiger charge is -2.17. The highest BCUT2D eigenvalue weighted by molar-refractivity contribution is 5.91. The maximum absolute atomic E-state index is 12.1. The van der Waals surface area contributed by atoms with Crippen LogP contribution >= 0.6 is 0 Å². The van der Waals surface area contributed by atoms with Crippen molar-refractivity contribution in [3.8, 4) is 0 Å². The van der Waals surface area contributed by atoms with E-state index in [1.165, 1.54) is 0 Å². The highest BCUT2D eigenvalue weighted by Crippen LogP contribution is 2.17. The third kappa shape index (κ3) is 5.43. The van der Waals surface area contributed by atoms with Gasteiger partial charge in [-0.25, -0.2) is 4.79 Å². The monoisotopic (exact) mass is 341 g/mol. The van der Waals surface area contributed by atoms with Crippen LogP contribution in [-0.4, -0.2) is 23.6 Å². The smallest absolute Gasteiger partial charge is 0.338 e. The van der Waals surface area contributed by atoms with Crippen molar-refractivity contribution in [2.75, 3.05) is 6.61 Å². The van der Waals surface area contributed by atoms with Crippen LogP contribution in [-0.2, 0) is 16.1 Å². The Kier molecular flexibility index (Phi) is 6.71. The van der Waals surface area contributed by atoms with Crippen molar-refractivity contribution in [1.82, 2.24) is 5.32 Å². The standard InChI is InChI=1S/C20H23NO4/c1-3-18(16-8-4-14(2)5-9-16)21-19(23)13-25-20(24)17-10-6-15(12-22)7-11-17/h4-11,18,22H,3,12-13H2,1-2H3,(H,21,23)/t18-/m1/s1. The van der Waals surface area contributed by atoms with Crippen LogP contribution in [0.5, 0.6) is 0 Å². The zero-order valence-electron chi connectivity index (χ0n) is 14.5. The lowest BCUT2D eigenvalue weighted by molar-refractivity contribution is -0.125. The fraction of sp³-hybridized carbons (Fsp3) is 0.300. The van der Waals surface area contributed by atoms with Gasteiger partial charge in [0, 0.05) is 0 Å². The van der Waals surface area contributed by atoms with Crippen molar-refractivity contribution in [3.05, 3.63) is 70.8 Å². The van der Waals surface area contributed by atoms with Crippen molar-refractivity contribution in [2.24, 2.45) is 0 Å². The number of carbonyl (C=O) groups is 2. The molecule has 0 aliphatic carbocycles. The summed E-state index contributed by atoms with van der Waals surface area (Å²) in [7, 11) is 0. The largest absolute Gasteiger partial charge is 0.452 e. The zero-order valence-corrected chi connectivity index (χ0v) is 14.5. The Balaban J connectivity index is 1.88. The van der Waals surface area contributed by atoms with E-state index in [2.05, 4.69) is 5.32 Å². The summed E-state index contributed by atoms with van der Waals surface area (Å²) in [5.74, 6) is -0.907. The van der Waals surface area contributed by atoms with E-state index >= 15 is 0 Å². The molecular weight excluding hydrogens is 318 g/mol. The first-order chi connectivity index (χ1) is 12.0. The molecule has 0 aromatic heterocycles. The Morgan fingerprint density at radius 3 is 2.28 bits per heavy atom. The number of benzene rings is 2. The van der Waals surface area contributed by atoms with Gasteiger partial charge in [-0.15, -0.1) is 0 Å². The van der Waals surface area contributed by atoms with Gasteiger partial charge < -0.3 is 15.2 Å². The minimum Gasteiger partial charge on any atom is -0.452 e. The molecule has 132 valence electrons. The summed E-state index contributed by atoms with van der Waals surface area (Å²) >= 11 is 0. The minimum absolute atomic E-state index is 0.0881. The first-order valence-electron chi connectivity index (χ1n) is 8.26. The van der Waals surface area contributed by atoms with Gasteiger partial charge in [0.2, 0.25) is 0 Å². The second-order valence-corrected chi connectivity index (χ2v) is 5.87. The van der Waals surface area contributed by atoms with E-state index in [-0.39, 0.29) is 25.2 Å². The topological polar surface area (TPSA) is 75.6 Å². The number of aliphatic hydroxyl groups is 1. The van der Waals surface area contributed by atoms with Crippen LogP contribution in [0, 0.1) is 6.92 Å². The predicted octanol–water partition coefficient (Wildman–Crippen LogP) is 2.91. The number of amides is 1. The van der Waals surface area contributed by atoms with Gasteiger partial charge in [-0.05, 0) is 36.6 Å². The van der Waals surface area contributed by atoms with E-state index < -0.39 is 5.97 Å². The SMILES string of the molecule is CC[C@@H](NC(=O)COC(=O)c1ccc(CO)cc1)c1ccc(C)cc1. The molecule has 5 heteroatoms. The van der Waals surface area contributed by atoms with Crippen molar-refractivity contribution < 1.29 is 19.4 Å². The Bertz CT molecular complexity index is 707. The third-order valence-electron chi connectivity index (χ3n) is 3.93. The van der Waals surface area contributed by atoms with Crippen LogP contribution < -0.4 is 5.32 Å². The Morgan fingerprint density at radius 1 is 1.08 bits per heavy atom. The second-order valence-electron chi connectivity index (χ2n) is 5.87. The highest BCUT2D eigenvalue weighted by atomic mass is 16.5. The summed E-state index contributed by atoms with van der Waals surface area (Å²) in [5, 5.41) is 11.9. The Morgan fingerprint density at radius 2 is 1.72 bits per heavy atom. The minimum atomic E-state index is -0.567. The molecule has 0 saturated heterocycles. The van der Waals surface area contributed by atoms with E-state index in [1.807, 2.05) is 38.1 Å². The number of ether oxygens (including phenoxy) is 1. The third-order valence-corrected chi connectivity index (χ3v) is 3.93. The molecule has 0 heterocycles. The normalized spacial score (nSPS) is 11.6. The first kappa shape index (κ1) is 18.7. The number of hydrogen-bond donors (Lipinski definition) is 2. The van der Waals surface area contributed by atoms with Crippen LogP contribution in [0.3, 0.4) is 0 Å². The van der Waals surface area contributed by atoms with Gasteiger partial charge in [0.1, 0.15) is 0 Å². The van der Waals surface area contributed by atoms with Crippen molar-refractivity contribution in [2.45, 2.75) is 32.9 Å². The average molecular weight is 341 g/mol. The number of nitrogens with one attached hydrogen (secondary N) is 1. The molecule has 2 rings (SSSR count). The lowest BCUT2D eigenvalue weighted by Crippen LogP contribution is -2.32. The molecule has 2 aromatic rings. The fourth-order valence-electron chi connectivity index (χ4n) is 2.42. The molecule has 0 saturated carbocycles. The summed E-state index contributed by atoms with van der Waals surface area (Å²) in [6, 6.07) is 14.3. The number of esters is 1. The maximum Gasteiger partial charge on any atom is 0.338 e. The van der Waals surface area contributed by atoms with Crippen LogP contribution in [0.4, 0.5) is 0 Å². The number of rotatable bonds is 7. The molecule has 0 aliphatic rings. The summed E-state index contributed by atoms with van der Waals surface area (Å²) in [5.41, 5.74) is 3.23. The van der Waals surface area contributed by atoms with Gasteiger partial charge in [0.25, 0.3) is 5.91 Å². The maximum atomic E-state index is 12.1. The molecule has 25 heavy (non-hydrogen) atoms. The average Bonchev–Trinajstić information content (AvgIpc) is 2.65. The molecule has 5 nitrogen and oxygen atoms in total. The zero-order chi connectivity index (χ0) is 18.2. The van der Waals surface area contributed by atoms with E-state index in [0.717, 1.165) is 17.5 Å². The molecule has 0 bridgehead atoms. The fourth-order valence-corrected chi connectivity index (χ4v) is 2.42. The number of aliphatic hydroxyl groups excluding tert-OH is 1. The van der Waals surface area contributed by atoms with Gasteiger partial charge in [0.05, 0.1) is 18.2 Å². The predicted molar refractivity (Wildman–Crippen MR) is 95.0 cm³/mol.